The van der Waals surface area contributed by atoms with Gasteiger partial charge in [0.1, 0.15) is 10.7 Å². The summed E-state index contributed by atoms with van der Waals surface area (Å²) in [7, 11) is -2.66. The molecule has 1 atom stereocenters. The van der Waals surface area contributed by atoms with E-state index in [2.05, 4.69) is 25.9 Å². The Morgan fingerprint density at radius 3 is 2.75 bits per heavy atom. The van der Waals surface area contributed by atoms with Crippen molar-refractivity contribution in [2.24, 2.45) is 5.92 Å². The maximum Gasteiger partial charge on any atom is 0.263 e. The van der Waals surface area contributed by atoms with Crippen LogP contribution in [0.25, 0.3) is 0 Å². The molecule has 0 spiro atoms. The summed E-state index contributed by atoms with van der Waals surface area (Å²) in [5, 5.41) is 19.2. The van der Waals surface area contributed by atoms with Crippen LogP contribution in [0.15, 0.2) is 29.3 Å². The number of hydrogen-bond acceptors (Lipinski definition) is 5. The molecule has 0 bridgehead atoms. The van der Waals surface area contributed by atoms with E-state index in [1.54, 1.807) is 24.0 Å². The molecule has 0 radical (unpaired) electrons. The lowest BCUT2D eigenvalue weighted by Crippen LogP contribution is -2.35. The second-order valence-corrected chi connectivity index (χ2v) is 10.7. The fraction of sp³-hybridized carbons (Fsp3) is 0.389. The molecule has 1 aromatic carbocycles. The first-order valence-electron chi connectivity index (χ1n) is 8.54. The normalized spacial score (nSPS) is 17.1. The third kappa shape index (κ3) is 4.17. The van der Waals surface area contributed by atoms with E-state index in [-0.39, 0.29) is 22.1 Å². The van der Waals surface area contributed by atoms with Crippen molar-refractivity contribution in [2.75, 3.05) is 4.72 Å². The van der Waals surface area contributed by atoms with Gasteiger partial charge < -0.3 is 5.11 Å². The molecular weight excluding hydrogens is 516 g/mol. The molecule has 1 aromatic heterocycles. The topological polar surface area (TPSA) is 95.1 Å². The average molecular weight is 535 g/mol. The standard InChI is InChI=1S/C18H19FIN3O3S2/c1-18(2,24)12-4-5-13-16(8-12)23(27-20)10-17(13)28(25,26)22-15-6-3-11(9-21)7-14(15)19/h3,6-7,10,12,22,24H,4-5,8H2,1-2H3. The van der Waals surface area contributed by atoms with Crippen molar-refractivity contribution in [2.45, 2.75) is 43.6 Å². The summed E-state index contributed by atoms with van der Waals surface area (Å²) in [4.78, 5) is 0.115. The summed E-state index contributed by atoms with van der Waals surface area (Å²) in [6.07, 6.45) is 3.29. The third-order valence-electron chi connectivity index (χ3n) is 5.03. The molecule has 0 saturated carbocycles. The molecule has 1 unspecified atom stereocenters. The monoisotopic (exact) mass is 535 g/mol. The highest BCUT2D eigenvalue weighted by Gasteiger charge is 2.36. The van der Waals surface area contributed by atoms with Gasteiger partial charge in [-0.3, -0.25) is 8.69 Å². The lowest BCUT2D eigenvalue weighted by Gasteiger charge is -2.33. The second kappa shape index (κ2) is 7.85. The van der Waals surface area contributed by atoms with E-state index in [1.165, 1.54) is 21.3 Å². The van der Waals surface area contributed by atoms with Crippen LogP contribution in [0, 0.1) is 23.1 Å². The van der Waals surface area contributed by atoms with E-state index >= 15 is 0 Å². The highest BCUT2D eigenvalue weighted by molar-refractivity contribution is 14.2. The number of sulfonamides is 1. The first-order chi connectivity index (χ1) is 13.1. The molecule has 3 rings (SSSR count). The van der Waals surface area contributed by atoms with Gasteiger partial charge in [0.05, 0.1) is 22.9 Å². The molecule has 1 aliphatic carbocycles. The largest absolute Gasteiger partial charge is 0.390 e. The number of nitriles is 1. The van der Waals surface area contributed by atoms with Crippen LogP contribution in [-0.2, 0) is 22.9 Å². The molecule has 0 fully saturated rings. The van der Waals surface area contributed by atoms with Gasteiger partial charge in [0.2, 0.25) is 0 Å². The Balaban J connectivity index is 1.98. The van der Waals surface area contributed by atoms with Gasteiger partial charge >= 0.3 is 0 Å². The van der Waals surface area contributed by atoms with Crippen LogP contribution in [0.5, 0.6) is 0 Å². The number of nitrogens with one attached hydrogen (secondary N) is 1. The number of aromatic nitrogens is 1. The van der Waals surface area contributed by atoms with Crippen molar-refractivity contribution >= 4 is 46.0 Å². The zero-order valence-electron chi connectivity index (χ0n) is 15.2. The minimum atomic E-state index is -4.01. The van der Waals surface area contributed by atoms with Crippen LogP contribution < -0.4 is 4.72 Å². The number of aliphatic hydroxyl groups is 1. The van der Waals surface area contributed by atoms with E-state index in [9.17, 15) is 17.9 Å². The molecular formula is C18H19FIN3O3S2. The molecule has 1 aliphatic rings. The number of benzene rings is 1. The molecule has 0 amide bonds. The highest BCUT2D eigenvalue weighted by Crippen LogP contribution is 2.39. The van der Waals surface area contributed by atoms with Crippen LogP contribution >= 0.6 is 30.3 Å². The zero-order chi connectivity index (χ0) is 20.7. The number of halogens is 2. The Kier molecular flexibility index (Phi) is 6.01. The van der Waals surface area contributed by atoms with Crippen molar-refractivity contribution in [1.29, 1.82) is 5.26 Å². The smallest absolute Gasteiger partial charge is 0.263 e. The summed E-state index contributed by atoms with van der Waals surface area (Å²) in [5.41, 5.74) is 0.617. The molecule has 0 saturated heterocycles. The van der Waals surface area contributed by atoms with Crippen molar-refractivity contribution < 1.29 is 17.9 Å². The Morgan fingerprint density at radius 1 is 1.46 bits per heavy atom. The molecule has 10 heteroatoms. The quantitative estimate of drug-likeness (QED) is 0.565. The number of fused-ring (bicyclic) bond motifs is 1. The maximum atomic E-state index is 14.2. The zero-order valence-corrected chi connectivity index (χ0v) is 19.0. The summed E-state index contributed by atoms with van der Waals surface area (Å²) in [6.45, 7) is 3.53. The Bertz CT molecular complexity index is 1060. The fourth-order valence-electron chi connectivity index (χ4n) is 3.44. The van der Waals surface area contributed by atoms with E-state index in [4.69, 9.17) is 5.26 Å². The Hall–Kier alpha value is -1.29. The first kappa shape index (κ1) is 21.4. The van der Waals surface area contributed by atoms with Gasteiger partial charge in [-0.05, 0) is 62.8 Å². The molecule has 2 N–H and O–H groups in total. The van der Waals surface area contributed by atoms with Crippen LogP contribution in [0.4, 0.5) is 10.1 Å². The summed E-state index contributed by atoms with van der Waals surface area (Å²) < 4.78 is 44.2. The van der Waals surface area contributed by atoms with Gasteiger partial charge in [0, 0.05) is 42.2 Å². The van der Waals surface area contributed by atoms with Gasteiger partial charge in [-0.2, -0.15) is 5.26 Å². The number of anilines is 1. The molecule has 1 heterocycles. The summed E-state index contributed by atoms with van der Waals surface area (Å²) in [6, 6.07) is 5.41. The summed E-state index contributed by atoms with van der Waals surface area (Å²) >= 11 is 2.08. The van der Waals surface area contributed by atoms with Gasteiger partial charge in [-0.25, -0.2) is 12.8 Å². The lowest BCUT2D eigenvalue weighted by molar-refractivity contribution is 0.0104. The van der Waals surface area contributed by atoms with Crippen molar-refractivity contribution in [1.82, 2.24) is 3.97 Å². The van der Waals surface area contributed by atoms with Crippen LogP contribution in [-0.4, -0.2) is 23.1 Å². The second-order valence-electron chi connectivity index (χ2n) is 7.32. The molecule has 28 heavy (non-hydrogen) atoms. The maximum absolute atomic E-state index is 14.2. The van der Waals surface area contributed by atoms with E-state index in [0.29, 0.717) is 24.8 Å². The van der Waals surface area contributed by atoms with E-state index in [1.807, 2.05) is 6.07 Å². The predicted octanol–water partition coefficient (Wildman–Crippen LogP) is 4.02. The van der Waals surface area contributed by atoms with Crippen molar-refractivity contribution in [3.8, 4) is 6.07 Å². The van der Waals surface area contributed by atoms with Gasteiger partial charge in [-0.1, -0.05) is 0 Å². The predicted molar refractivity (Wildman–Crippen MR) is 115 cm³/mol. The van der Waals surface area contributed by atoms with Crippen molar-refractivity contribution in [3.05, 3.63) is 47.0 Å². The lowest BCUT2D eigenvalue weighted by atomic mass is 9.78. The summed E-state index contributed by atoms with van der Waals surface area (Å²) in [5.74, 6) is -0.780. The fourth-order valence-corrected chi connectivity index (χ4v) is 6.32. The van der Waals surface area contributed by atoms with E-state index in [0.717, 1.165) is 11.8 Å². The average Bonchev–Trinajstić information content (AvgIpc) is 3.01. The Labute approximate surface area is 179 Å². The molecule has 6 nitrogen and oxygen atoms in total. The minimum absolute atomic E-state index is 0.0247. The van der Waals surface area contributed by atoms with Gasteiger partial charge in [0.15, 0.2) is 0 Å². The number of rotatable bonds is 5. The Morgan fingerprint density at radius 2 is 2.18 bits per heavy atom. The molecule has 150 valence electrons. The first-order valence-corrected chi connectivity index (χ1v) is 13.3. The van der Waals surface area contributed by atoms with Crippen LogP contribution in [0.2, 0.25) is 0 Å². The SMILES string of the molecule is CC(C)(O)C1CCc2c(S(=O)(=O)Nc3ccc(C#N)cc3F)cn(SI)c2C1. The number of hydrogen-bond donors (Lipinski definition) is 2. The van der Waals surface area contributed by atoms with Gasteiger partial charge in [-0.15, -0.1) is 0 Å². The number of nitrogens with zero attached hydrogens (tertiary/aromatic N) is 2. The van der Waals surface area contributed by atoms with Crippen LogP contribution in [0.3, 0.4) is 0 Å². The minimum Gasteiger partial charge on any atom is -0.390 e. The highest BCUT2D eigenvalue weighted by atomic mass is 127. The molecule has 0 aliphatic heterocycles. The van der Waals surface area contributed by atoms with Crippen LogP contribution in [0.1, 0.15) is 37.1 Å². The molecule has 2 aromatic rings. The van der Waals surface area contributed by atoms with Crippen molar-refractivity contribution in [3.63, 3.8) is 0 Å². The third-order valence-corrected chi connectivity index (χ3v) is 8.20. The van der Waals surface area contributed by atoms with E-state index < -0.39 is 21.4 Å². The van der Waals surface area contributed by atoms with Gasteiger partial charge in [0.25, 0.3) is 10.0 Å².